The SMILES string of the molecule is COc1ccccc1S(=O)(=O)Nc1cc(C(=O)NC2CCCCC2)c2c(c1)C1(CCC1)C(=O)C2. The third-order valence-electron chi connectivity index (χ3n) is 7.64. The summed E-state index contributed by atoms with van der Waals surface area (Å²) in [6.07, 6.45) is 7.89. The summed E-state index contributed by atoms with van der Waals surface area (Å²) in [7, 11) is -2.55. The molecule has 3 aliphatic carbocycles. The highest BCUT2D eigenvalue weighted by atomic mass is 32.2. The lowest BCUT2D eigenvalue weighted by atomic mass is 9.64. The van der Waals surface area contributed by atoms with E-state index in [2.05, 4.69) is 10.0 Å². The van der Waals surface area contributed by atoms with Crippen molar-refractivity contribution in [3.8, 4) is 5.75 Å². The fraction of sp³-hybridized carbons (Fsp3) is 0.462. The van der Waals surface area contributed by atoms with Crippen LogP contribution in [0, 0.1) is 0 Å². The van der Waals surface area contributed by atoms with Crippen LogP contribution < -0.4 is 14.8 Å². The van der Waals surface area contributed by atoms with E-state index in [1.165, 1.54) is 19.6 Å². The van der Waals surface area contributed by atoms with Crippen LogP contribution >= 0.6 is 0 Å². The molecule has 2 aromatic carbocycles. The third kappa shape index (κ3) is 3.87. The van der Waals surface area contributed by atoms with Gasteiger partial charge in [-0.2, -0.15) is 0 Å². The van der Waals surface area contributed by atoms with Crippen molar-refractivity contribution < 1.29 is 22.7 Å². The van der Waals surface area contributed by atoms with Crippen LogP contribution in [0.5, 0.6) is 5.75 Å². The average Bonchev–Trinajstić information content (AvgIpc) is 3.10. The molecule has 8 heteroatoms. The molecule has 2 fully saturated rings. The van der Waals surface area contributed by atoms with Gasteiger partial charge in [0.25, 0.3) is 15.9 Å². The molecule has 0 aromatic heterocycles. The van der Waals surface area contributed by atoms with Gasteiger partial charge in [-0.3, -0.25) is 14.3 Å². The summed E-state index contributed by atoms with van der Waals surface area (Å²) in [5.74, 6) is 0.132. The molecule has 5 rings (SSSR count). The van der Waals surface area contributed by atoms with Crippen LogP contribution in [0.25, 0.3) is 0 Å². The molecule has 7 nitrogen and oxygen atoms in total. The Morgan fingerprint density at radius 3 is 2.47 bits per heavy atom. The van der Waals surface area contributed by atoms with Gasteiger partial charge in [0.2, 0.25) is 0 Å². The molecule has 1 spiro atoms. The van der Waals surface area contributed by atoms with Crippen molar-refractivity contribution in [1.82, 2.24) is 5.32 Å². The van der Waals surface area contributed by atoms with Crippen molar-refractivity contribution >= 4 is 27.4 Å². The Labute approximate surface area is 200 Å². The van der Waals surface area contributed by atoms with E-state index in [0.29, 0.717) is 11.3 Å². The van der Waals surface area contributed by atoms with E-state index in [4.69, 9.17) is 4.74 Å². The van der Waals surface area contributed by atoms with E-state index in [-0.39, 0.29) is 34.8 Å². The fourth-order valence-corrected chi connectivity index (χ4v) is 6.88. The number of benzene rings is 2. The normalized spacial score (nSPS) is 19.4. The molecule has 180 valence electrons. The molecule has 0 radical (unpaired) electrons. The Kier molecular flexibility index (Phi) is 5.88. The number of anilines is 1. The monoisotopic (exact) mass is 482 g/mol. The smallest absolute Gasteiger partial charge is 0.265 e. The van der Waals surface area contributed by atoms with E-state index >= 15 is 0 Å². The summed E-state index contributed by atoms with van der Waals surface area (Å²) in [6, 6.07) is 9.83. The summed E-state index contributed by atoms with van der Waals surface area (Å²) in [5.41, 5.74) is 1.66. The van der Waals surface area contributed by atoms with Crippen LogP contribution in [0.3, 0.4) is 0 Å². The molecule has 2 N–H and O–H groups in total. The van der Waals surface area contributed by atoms with E-state index in [1.54, 1.807) is 30.3 Å². The maximum absolute atomic E-state index is 13.4. The minimum atomic E-state index is -3.97. The second-order valence-corrected chi connectivity index (χ2v) is 11.3. The van der Waals surface area contributed by atoms with Crippen LogP contribution in [0.15, 0.2) is 41.3 Å². The van der Waals surface area contributed by atoms with Crippen molar-refractivity contribution in [1.29, 1.82) is 0 Å². The van der Waals surface area contributed by atoms with Gasteiger partial charge in [0.15, 0.2) is 0 Å². The zero-order valence-electron chi connectivity index (χ0n) is 19.4. The van der Waals surface area contributed by atoms with E-state index in [9.17, 15) is 18.0 Å². The van der Waals surface area contributed by atoms with Crippen LogP contribution in [0.2, 0.25) is 0 Å². The Bertz CT molecular complexity index is 1240. The molecule has 0 unspecified atom stereocenters. The lowest BCUT2D eigenvalue weighted by molar-refractivity contribution is -0.125. The second kappa shape index (κ2) is 8.73. The summed E-state index contributed by atoms with van der Waals surface area (Å²) in [4.78, 5) is 26.4. The predicted molar refractivity (Wildman–Crippen MR) is 129 cm³/mol. The van der Waals surface area contributed by atoms with Crippen molar-refractivity contribution in [3.05, 3.63) is 53.1 Å². The Hall–Kier alpha value is -2.87. The number of nitrogens with one attached hydrogen (secondary N) is 2. The van der Waals surface area contributed by atoms with Gasteiger partial charge in [-0.1, -0.05) is 37.8 Å². The van der Waals surface area contributed by atoms with Crippen LogP contribution in [0.1, 0.15) is 72.9 Å². The summed E-state index contributed by atoms with van der Waals surface area (Å²) >= 11 is 0. The minimum Gasteiger partial charge on any atom is -0.495 e. The van der Waals surface area contributed by atoms with Gasteiger partial charge in [0, 0.05) is 23.7 Å². The number of amides is 1. The number of hydrogen-bond acceptors (Lipinski definition) is 5. The molecular formula is C26H30N2O5S. The van der Waals surface area contributed by atoms with Gasteiger partial charge in [0.1, 0.15) is 16.4 Å². The lowest BCUT2D eigenvalue weighted by Gasteiger charge is -2.38. The number of hydrogen-bond donors (Lipinski definition) is 2. The number of para-hydroxylation sites is 1. The van der Waals surface area contributed by atoms with Crippen molar-refractivity contribution in [3.63, 3.8) is 0 Å². The highest BCUT2D eigenvalue weighted by Crippen LogP contribution is 2.52. The number of methoxy groups -OCH3 is 1. The maximum Gasteiger partial charge on any atom is 0.265 e. The molecular weight excluding hydrogens is 452 g/mol. The van der Waals surface area contributed by atoms with Gasteiger partial charge in [-0.15, -0.1) is 0 Å². The van der Waals surface area contributed by atoms with Gasteiger partial charge in [-0.25, -0.2) is 8.42 Å². The molecule has 34 heavy (non-hydrogen) atoms. The number of carbonyl (C=O) groups excluding carboxylic acids is 2. The first-order valence-corrected chi connectivity index (χ1v) is 13.5. The maximum atomic E-state index is 13.4. The van der Waals surface area contributed by atoms with Crippen molar-refractivity contribution in [2.24, 2.45) is 0 Å². The molecule has 0 saturated heterocycles. The standard InChI is InChI=1S/C26H30N2O5S/c1-33-22-10-5-6-11-23(22)34(31,32)28-18-14-20(25(30)27-17-8-3-2-4-9-17)19-16-24(29)26(12-7-13-26)21(19)15-18/h5-6,10-11,14-15,17,28H,2-4,7-9,12-13,16H2,1H3,(H,27,30). The summed E-state index contributed by atoms with van der Waals surface area (Å²) in [6.45, 7) is 0. The van der Waals surface area contributed by atoms with Gasteiger partial charge in [-0.05, 0) is 61.1 Å². The number of ketones is 1. The van der Waals surface area contributed by atoms with Gasteiger partial charge in [0.05, 0.1) is 12.5 Å². The molecule has 0 aliphatic heterocycles. The van der Waals surface area contributed by atoms with Crippen molar-refractivity contribution in [2.45, 2.75) is 74.1 Å². The number of fused-ring (bicyclic) bond motifs is 2. The third-order valence-corrected chi connectivity index (χ3v) is 9.06. The molecule has 1 amide bonds. The number of ether oxygens (including phenoxy) is 1. The fourth-order valence-electron chi connectivity index (χ4n) is 5.67. The number of sulfonamides is 1. The zero-order chi connectivity index (χ0) is 23.9. The first-order valence-electron chi connectivity index (χ1n) is 12.0. The van der Waals surface area contributed by atoms with Gasteiger partial charge >= 0.3 is 0 Å². The quantitative estimate of drug-likeness (QED) is 0.645. The Morgan fingerprint density at radius 2 is 1.79 bits per heavy atom. The average molecular weight is 483 g/mol. The summed E-state index contributed by atoms with van der Waals surface area (Å²) in [5, 5.41) is 3.14. The first kappa shape index (κ1) is 22.9. The molecule has 3 aliphatic rings. The molecule has 0 atom stereocenters. The zero-order valence-corrected chi connectivity index (χ0v) is 20.2. The minimum absolute atomic E-state index is 0.0145. The van der Waals surface area contributed by atoms with E-state index < -0.39 is 15.4 Å². The Balaban J connectivity index is 1.54. The second-order valence-electron chi connectivity index (χ2n) is 9.65. The van der Waals surface area contributed by atoms with Crippen LogP contribution in [-0.2, 0) is 26.7 Å². The summed E-state index contributed by atoms with van der Waals surface area (Å²) < 4.78 is 34.3. The molecule has 2 saturated carbocycles. The molecule has 0 bridgehead atoms. The Morgan fingerprint density at radius 1 is 1.06 bits per heavy atom. The number of rotatable bonds is 6. The predicted octanol–water partition coefficient (Wildman–Crippen LogP) is 4.11. The highest BCUT2D eigenvalue weighted by molar-refractivity contribution is 7.92. The van der Waals surface area contributed by atoms with Crippen LogP contribution in [0.4, 0.5) is 5.69 Å². The van der Waals surface area contributed by atoms with Crippen molar-refractivity contribution in [2.75, 3.05) is 11.8 Å². The lowest BCUT2D eigenvalue weighted by Crippen LogP contribution is -2.39. The first-order chi connectivity index (χ1) is 16.3. The van der Waals surface area contributed by atoms with E-state index in [0.717, 1.165) is 56.1 Å². The molecule has 2 aromatic rings. The number of Topliss-reactive ketones (excluding diaryl/α,β-unsaturated/α-hetero) is 1. The highest BCUT2D eigenvalue weighted by Gasteiger charge is 2.51. The van der Waals surface area contributed by atoms with Gasteiger partial charge < -0.3 is 10.1 Å². The van der Waals surface area contributed by atoms with E-state index in [1.807, 2.05) is 0 Å². The van der Waals surface area contributed by atoms with Crippen LogP contribution in [-0.4, -0.2) is 33.3 Å². The molecule has 0 heterocycles. The number of carbonyl (C=O) groups is 2. The topological polar surface area (TPSA) is 102 Å². The largest absolute Gasteiger partial charge is 0.495 e.